The molecule has 1 saturated heterocycles. The molecule has 1 aliphatic heterocycles. The smallest absolute Gasteiger partial charge is 0.232 e. The molecule has 0 spiro atoms. The molecule has 3 aromatic rings. The first kappa shape index (κ1) is 21.8. The molecule has 1 aliphatic rings. The summed E-state index contributed by atoms with van der Waals surface area (Å²) in [5.41, 5.74) is 1.73. The Balaban J connectivity index is 1.68. The number of carbonyl (C=O) groups excluding carboxylic acids is 1. The maximum atomic E-state index is 13.5. The zero-order valence-corrected chi connectivity index (χ0v) is 18.3. The number of halogens is 1. The Labute approximate surface area is 185 Å². The fourth-order valence-corrected chi connectivity index (χ4v) is 3.55. The normalized spacial score (nSPS) is 20.7. The Morgan fingerprint density at radius 3 is 2.50 bits per heavy atom. The van der Waals surface area contributed by atoms with E-state index in [0.717, 1.165) is 0 Å². The van der Waals surface area contributed by atoms with Gasteiger partial charge in [-0.05, 0) is 37.3 Å². The summed E-state index contributed by atoms with van der Waals surface area (Å²) in [6, 6.07) is 7.79. The van der Waals surface area contributed by atoms with Gasteiger partial charge in [-0.15, -0.1) is 0 Å². The number of hydrogen-bond donors (Lipinski definition) is 2. The Morgan fingerprint density at radius 1 is 1.19 bits per heavy atom. The van der Waals surface area contributed by atoms with Crippen LogP contribution in [0.2, 0.25) is 0 Å². The number of imidazole rings is 1. The average Bonchev–Trinajstić information content (AvgIpc) is 3.25. The maximum absolute atomic E-state index is 13.5. The van der Waals surface area contributed by atoms with E-state index in [-0.39, 0.29) is 24.9 Å². The van der Waals surface area contributed by atoms with Gasteiger partial charge in [0.25, 0.3) is 0 Å². The molecule has 2 N–H and O–H groups in total. The minimum absolute atomic E-state index is 0.0661. The molecule has 1 aromatic carbocycles. The van der Waals surface area contributed by atoms with Gasteiger partial charge in [0, 0.05) is 32.9 Å². The number of hydrogen-bond acceptors (Lipinski definition) is 7. The lowest BCUT2D eigenvalue weighted by molar-refractivity contribution is -0.233. The summed E-state index contributed by atoms with van der Waals surface area (Å²) in [7, 11) is 5.14. The van der Waals surface area contributed by atoms with Crippen LogP contribution >= 0.6 is 0 Å². The largest absolute Gasteiger partial charge is 0.357 e. The lowest BCUT2D eigenvalue weighted by Crippen LogP contribution is -2.48. The average molecular weight is 440 g/mol. The fourth-order valence-electron chi connectivity index (χ4n) is 3.55. The van der Waals surface area contributed by atoms with Gasteiger partial charge in [-0.3, -0.25) is 4.79 Å². The highest BCUT2D eigenvalue weighted by molar-refractivity contribution is 5.82. The molecule has 168 valence electrons. The van der Waals surface area contributed by atoms with Crippen molar-refractivity contribution in [3.05, 3.63) is 48.2 Å². The molecule has 1 fully saturated rings. The summed E-state index contributed by atoms with van der Waals surface area (Å²) < 4.78 is 25.3. The molecule has 32 heavy (non-hydrogen) atoms. The van der Waals surface area contributed by atoms with E-state index in [2.05, 4.69) is 25.3 Å². The van der Waals surface area contributed by atoms with Crippen LogP contribution < -0.4 is 5.32 Å². The van der Waals surface area contributed by atoms with Crippen LogP contribution in [-0.4, -0.2) is 65.1 Å². The van der Waals surface area contributed by atoms with E-state index in [9.17, 15) is 9.18 Å². The number of nitrogens with zero attached hydrogens (tertiary/aromatic N) is 4. The number of H-pyrrole nitrogens is 1. The molecule has 4 rings (SSSR count). The van der Waals surface area contributed by atoms with Crippen molar-refractivity contribution in [1.29, 1.82) is 0 Å². The highest BCUT2D eigenvalue weighted by Gasteiger charge is 2.41. The van der Waals surface area contributed by atoms with Gasteiger partial charge in [0.1, 0.15) is 5.82 Å². The van der Waals surface area contributed by atoms with Crippen molar-refractivity contribution in [1.82, 2.24) is 24.8 Å². The lowest BCUT2D eigenvalue weighted by Gasteiger charge is -2.36. The van der Waals surface area contributed by atoms with Crippen LogP contribution in [0.5, 0.6) is 0 Å². The topological polar surface area (TPSA) is 105 Å². The number of rotatable bonds is 5. The van der Waals surface area contributed by atoms with Crippen LogP contribution in [0.25, 0.3) is 22.6 Å². The molecule has 0 bridgehead atoms. The summed E-state index contributed by atoms with van der Waals surface area (Å²) in [5, 5.41) is 2.91. The van der Waals surface area contributed by atoms with Gasteiger partial charge in [0.15, 0.2) is 5.82 Å². The van der Waals surface area contributed by atoms with Gasteiger partial charge < -0.3 is 24.7 Å². The molecule has 0 aliphatic carbocycles. The summed E-state index contributed by atoms with van der Waals surface area (Å²) in [5.74, 6) is 0.480. The molecular formula is C22H25FN6O3. The summed E-state index contributed by atoms with van der Waals surface area (Å²) in [6.45, 7) is 2.19. The molecule has 0 unspecified atom stereocenters. The predicted molar refractivity (Wildman–Crippen MR) is 116 cm³/mol. The molecule has 0 saturated carbocycles. The monoisotopic (exact) mass is 440 g/mol. The number of amides is 1. The van der Waals surface area contributed by atoms with E-state index < -0.39 is 11.7 Å². The van der Waals surface area contributed by atoms with Gasteiger partial charge >= 0.3 is 0 Å². The number of ether oxygens (including phenoxy) is 2. The van der Waals surface area contributed by atoms with Gasteiger partial charge in [-0.1, -0.05) is 0 Å². The number of aromatic amines is 1. The zero-order valence-electron chi connectivity index (χ0n) is 18.3. The number of anilines is 1. The second-order valence-corrected chi connectivity index (χ2v) is 8.08. The first-order valence-electron chi connectivity index (χ1n) is 10.1. The van der Waals surface area contributed by atoms with Gasteiger partial charge in [0.05, 0.1) is 35.7 Å². The van der Waals surface area contributed by atoms with Crippen LogP contribution in [-0.2, 0) is 14.3 Å². The Bertz CT molecular complexity index is 1110. The molecule has 0 radical (unpaired) electrons. The Kier molecular flexibility index (Phi) is 5.90. The third-order valence-electron chi connectivity index (χ3n) is 5.23. The van der Waals surface area contributed by atoms with Crippen molar-refractivity contribution >= 4 is 11.9 Å². The SMILES string of the molecule is CNc1nccc(-c2[nH]c(C3OCC(C)(C(=O)N(C)C)CO3)nc2-c2ccc(F)cc2)n1. The van der Waals surface area contributed by atoms with Crippen LogP contribution in [0.1, 0.15) is 19.0 Å². The third-order valence-corrected chi connectivity index (χ3v) is 5.23. The number of benzene rings is 1. The molecule has 9 nitrogen and oxygen atoms in total. The second kappa shape index (κ2) is 8.64. The Morgan fingerprint density at radius 2 is 1.88 bits per heavy atom. The van der Waals surface area contributed by atoms with E-state index >= 15 is 0 Å². The molecule has 10 heteroatoms. The van der Waals surface area contributed by atoms with E-state index in [4.69, 9.17) is 9.47 Å². The number of carbonyl (C=O) groups is 1. The number of nitrogens with one attached hydrogen (secondary N) is 2. The minimum atomic E-state index is -0.781. The van der Waals surface area contributed by atoms with Gasteiger partial charge in [0.2, 0.25) is 18.1 Å². The van der Waals surface area contributed by atoms with Crippen LogP contribution in [0.15, 0.2) is 36.5 Å². The zero-order chi connectivity index (χ0) is 22.9. The van der Waals surface area contributed by atoms with Crippen molar-refractivity contribution in [3.63, 3.8) is 0 Å². The Hall–Kier alpha value is -3.37. The number of aromatic nitrogens is 4. The highest BCUT2D eigenvalue weighted by atomic mass is 19.1. The first-order valence-corrected chi connectivity index (χ1v) is 10.1. The van der Waals surface area contributed by atoms with Crippen LogP contribution in [0.4, 0.5) is 10.3 Å². The lowest BCUT2D eigenvalue weighted by atomic mass is 9.90. The second-order valence-electron chi connectivity index (χ2n) is 8.08. The molecule has 2 aromatic heterocycles. The van der Waals surface area contributed by atoms with E-state index in [1.165, 1.54) is 17.0 Å². The summed E-state index contributed by atoms with van der Waals surface area (Å²) >= 11 is 0. The highest BCUT2D eigenvalue weighted by Crippen LogP contribution is 2.36. The van der Waals surface area contributed by atoms with E-state index in [0.29, 0.717) is 34.4 Å². The quantitative estimate of drug-likeness (QED) is 0.628. The molecular weight excluding hydrogens is 415 g/mol. The predicted octanol–water partition coefficient (Wildman–Crippen LogP) is 2.85. The van der Waals surface area contributed by atoms with Crippen LogP contribution in [0, 0.1) is 11.2 Å². The van der Waals surface area contributed by atoms with Gasteiger partial charge in [-0.2, -0.15) is 0 Å². The van der Waals surface area contributed by atoms with Crippen molar-refractivity contribution < 1.29 is 18.7 Å². The first-order chi connectivity index (χ1) is 15.3. The van der Waals surface area contributed by atoms with E-state index in [1.807, 2.05) is 6.92 Å². The summed E-state index contributed by atoms with van der Waals surface area (Å²) in [6.07, 6.45) is 0.853. The minimum Gasteiger partial charge on any atom is -0.357 e. The molecule has 3 heterocycles. The van der Waals surface area contributed by atoms with Crippen LogP contribution in [0.3, 0.4) is 0 Å². The van der Waals surface area contributed by atoms with E-state index in [1.54, 1.807) is 45.5 Å². The van der Waals surface area contributed by atoms with Crippen molar-refractivity contribution in [2.75, 3.05) is 39.7 Å². The summed E-state index contributed by atoms with van der Waals surface area (Å²) in [4.78, 5) is 30.6. The fraction of sp³-hybridized carbons (Fsp3) is 0.364. The standard InChI is InChI=1S/C22H25FN6O3/c1-22(20(30)29(3)4)11-31-19(32-12-22)18-27-16(13-5-7-14(23)8-6-13)17(28-18)15-9-10-25-21(24-2)26-15/h5-10,19H,11-12H2,1-4H3,(H,27,28)(H,24,25,26). The maximum Gasteiger partial charge on any atom is 0.232 e. The third kappa shape index (κ3) is 4.19. The molecule has 1 amide bonds. The van der Waals surface area contributed by atoms with Crippen molar-refractivity contribution in [2.24, 2.45) is 5.41 Å². The molecule has 0 atom stereocenters. The van der Waals surface area contributed by atoms with Crippen molar-refractivity contribution in [3.8, 4) is 22.6 Å². The van der Waals surface area contributed by atoms with Crippen molar-refractivity contribution in [2.45, 2.75) is 13.2 Å². The van der Waals surface area contributed by atoms with Gasteiger partial charge in [-0.25, -0.2) is 19.3 Å².